The zero-order chi connectivity index (χ0) is 17.0. The van der Waals surface area contributed by atoms with E-state index >= 15 is 0 Å². The molecule has 0 unspecified atom stereocenters. The molecule has 0 aliphatic carbocycles. The minimum absolute atomic E-state index is 0.209. The lowest BCUT2D eigenvalue weighted by molar-refractivity contribution is -0.274. The number of alkyl halides is 3. The molecule has 3 aromatic rings. The number of imidazole rings is 1. The molecule has 3 rings (SSSR count). The van der Waals surface area contributed by atoms with Crippen LogP contribution in [-0.2, 0) is 6.42 Å². The zero-order valence-electron chi connectivity index (χ0n) is 12.5. The van der Waals surface area contributed by atoms with Crippen molar-refractivity contribution < 1.29 is 17.9 Å². The first-order chi connectivity index (χ1) is 11.5. The molecule has 1 aromatic carbocycles. The van der Waals surface area contributed by atoms with Crippen LogP contribution in [0.4, 0.5) is 13.2 Å². The summed E-state index contributed by atoms with van der Waals surface area (Å²) in [5, 5.41) is 0. The molecule has 0 saturated heterocycles. The summed E-state index contributed by atoms with van der Waals surface area (Å²) >= 11 is 0. The smallest absolute Gasteiger partial charge is 0.406 e. The molecule has 1 N–H and O–H groups in total. The van der Waals surface area contributed by atoms with Gasteiger partial charge in [-0.25, -0.2) is 4.98 Å². The van der Waals surface area contributed by atoms with Gasteiger partial charge in [-0.3, -0.25) is 4.98 Å². The molecule has 4 nitrogen and oxygen atoms in total. The molecule has 0 bridgehead atoms. The van der Waals surface area contributed by atoms with Crippen molar-refractivity contribution in [3.05, 3.63) is 78.1 Å². The first-order valence-corrected chi connectivity index (χ1v) is 7.25. The molecular weight excluding hydrogens is 319 g/mol. The second-order valence-electron chi connectivity index (χ2n) is 5.21. The Balaban J connectivity index is 1.93. The number of pyridine rings is 1. The number of nitrogens with zero attached hydrogens (tertiary/aromatic N) is 2. The van der Waals surface area contributed by atoms with Crippen LogP contribution in [0.5, 0.6) is 5.75 Å². The molecule has 0 fully saturated rings. The van der Waals surface area contributed by atoms with Crippen molar-refractivity contribution in [3.63, 3.8) is 0 Å². The van der Waals surface area contributed by atoms with E-state index in [4.69, 9.17) is 0 Å². The number of nitrogens with one attached hydrogen (secondary N) is 1. The van der Waals surface area contributed by atoms with Crippen molar-refractivity contribution in [2.75, 3.05) is 0 Å². The second kappa shape index (κ2) is 6.74. The van der Waals surface area contributed by atoms with Crippen molar-refractivity contribution in [3.8, 4) is 5.75 Å². The van der Waals surface area contributed by atoms with Gasteiger partial charge in [-0.1, -0.05) is 18.2 Å². The van der Waals surface area contributed by atoms with E-state index in [0.717, 1.165) is 11.4 Å². The third kappa shape index (κ3) is 4.13. The SMILES string of the molecule is FC(F)(F)Oc1cccc([C@@H](Cc2ccccn2)c2cnc[nH]2)c1. The first-order valence-electron chi connectivity index (χ1n) is 7.25. The molecule has 24 heavy (non-hydrogen) atoms. The number of hydrogen-bond donors (Lipinski definition) is 1. The number of hydrogen-bond acceptors (Lipinski definition) is 3. The maximum Gasteiger partial charge on any atom is 0.573 e. The highest BCUT2D eigenvalue weighted by Crippen LogP contribution is 2.31. The molecule has 0 amide bonds. The van der Waals surface area contributed by atoms with E-state index in [9.17, 15) is 13.2 Å². The van der Waals surface area contributed by atoms with Gasteiger partial charge in [0.2, 0.25) is 0 Å². The summed E-state index contributed by atoms with van der Waals surface area (Å²) in [6.07, 6.45) is 0.686. The molecule has 0 aliphatic rings. The van der Waals surface area contributed by atoms with E-state index in [1.54, 1.807) is 18.5 Å². The predicted octanol–water partition coefficient (Wildman–Crippen LogP) is 4.08. The molecule has 2 aromatic heterocycles. The molecule has 0 aliphatic heterocycles. The first kappa shape index (κ1) is 16.0. The average molecular weight is 333 g/mol. The van der Waals surface area contributed by atoms with Crippen LogP contribution in [0.3, 0.4) is 0 Å². The van der Waals surface area contributed by atoms with E-state index in [-0.39, 0.29) is 11.7 Å². The lowest BCUT2D eigenvalue weighted by atomic mass is 9.91. The minimum atomic E-state index is -4.72. The van der Waals surface area contributed by atoms with E-state index in [0.29, 0.717) is 12.0 Å². The molecular formula is C17H14F3N3O. The summed E-state index contributed by atoms with van der Waals surface area (Å²) < 4.78 is 41.4. The summed E-state index contributed by atoms with van der Waals surface area (Å²) in [7, 11) is 0. The molecule has 0 spiro atoms. The molecule has 124 valence electrons. The van der Waals surface area contributed by atoms with Gasteiger partial charge in [-0.15, -0.1) is 13.2 Å². The number of H-pyrrole nitrogens is 1. The Morgan fingerprint density at radius 1 is 1.12 bits per heavy atom. The second-order valence-corrected chi connectivity index (χ2v) is 5.21. The Bertz CT molecular complexity index is 773. The maximum atomic E-state index is 12.4. The standard InChI is InChI=1S/C17H14F3N3O/c18-17(19,20)24-14-6-3-4-12(8-14)15(16-10-21-11-23-16)9-13-5-1-2-7-22-13/h1-8,10-11,15H,9H2,(H,21,23)/t15-/m1/s1. The van der Waals surface area contributed by atoms with Gasteiger partial charge in [0.1, 0.15) is 5.75 Å². The largest absolute Gasteiger partial charge is 0.573 e. The molecule has 7 heteroatoms. The molecule has 1 atom stereocenters. The summed E-state index contributed by atoms with van der Waals surface area (Å²) in [6.45, 7) is 0. The van der Waals surface area contributed by atoms with Gasteiger partial charge in [0.15, 0.2) is 0 Å². The van der Waals surface area contributed by atoms with E-state index in [1.807, 2.05) is 18.2 Å². The van der Waals surface area contributed by atoms with Gasteiger partial charge >= 0.3 is 6.36 Å². The van der Waals surface area contributed by atoms with Crippen molar-refractivity contribution in [1.29, 1.82) is 0 Å². The molecule has 0 radical (unpaired) electrons. The monoisotopic (exact) mass is 333 g/mol. The maximum absolute atomic E-state index is 12.4. The highest BCUT2D eigenvalue weighted by Gasteiger charge is 2.31. The Morgan fingerprint density at radius 3 is 2.67 bits per heavy atom. The average Bonchev–Trinajstić information content (AvgIpc) is 3.06. The Labute approximate surface area is 136 Å². The van der Waals surface area contributed by atoms with Crippen LogP contribution in [0.25, 0.3) is 0 Å². The number of halogens is 3. The fourth-order valence-corrected chi connectivity index (χ4v) is 2.52. The van der Waals surface area contributed by atoms with Gasteiger partial charge < -0.3 is 9.72 Å². The summed E-state index contributed by atoms with van der Waals surface area (Å²) in [5.74, 6) is -0.454. The zero-order valence-corrected chi connectivity index (χ0v) is 12.5. The van der Waals surface area contributed by atoms with Crippen LogP contribution in [-0.4, -0.2) is 21.3 Å². The van der Waals surface area contributed by atoms with Crippen molar-refractivity contribution in [1.82, 2.24) is 15.0 Å². The van der Waals surface area contributed by atoms with E-state index in [1.165, 1.54) is 24.5 Å². The highest BCUT2D eigenvalue weighted by atomic mass is 19.4. The third-order valence-electron chi connectivity index (χ3n) is 3.53. The number of aromatic amines is 1. The van der Waals surface area contributed by atoms with Gasteiger partial charge in [0.25, 0.3) is 0 Å². The highest BCUT2D eigenvalue weighted by molar-refractivity contribution is 5.36. The Hall–Kier alpha value is -2.83. The summed E-state index contributed by atoms with van der Waals surface area (Å²) in [4.78, 5) is 11.3. The predicted molar refractivity (Wildman–Crippen MR) is 81.5 cm³/mol. The number of aromatic nitrogens is 3. The van der Waals surface area contributed by atoms with Gasteiger partial charge in [0.05, 0.1) is 6.33 Å². The van der Waals surface area contributed by atoms with Crippen molar-refractivity contribution >= 4 is 0 Å². The number of rotatable bonds is 5. The van der Waals surface area contributed by atoms with Gasteiger partial charge in [-0.2, -0.15) is 0 Å². The van der Waals surface area contributed by atoms with E-state index in [2.05, 4.69) is 19.7 Å². The van der Waals surface area contributed by atoms with Crippen LogP contribution < -0.4 is 4.74 Å². The van der Waals surface area contributed by atoms with Crippen molar-refractivity contribution in [2.24, 2.45) is 0 Å². The van der Waals surface area contributed by atoms with Gasteiger partial charge in [-0.05, 0) is 29.8 Å². The van der Waals surface area contributed by atoms with Crippen LogP contribution in [0.2, 0.25) is 0 Å². The molecule has 2 heterocycles. The quantitative estimate of drug-likeness (QED) is 0.765. The number of benzene rings is 1. The molecule has 0 saturated carbocycles. The fourth-order valence-electron chi connectivity index (χ4n) is 2.52. The Morgan fingerprint density at radius 2 is 2.00 bits per heavy atom. The van der Waals surface area contributed by atoms with E-state index < -0.39 is 6.36 Å². The van der Waals surface area contributed by atoms with Crippen LogP contribution in [0.1, 0.15) is 22.9 Å². The summed E-state index contributed by atoms with van der Waals surface area (Å²) in [5.41, 5.74) is 2.32. The van der Waals surface area contributed by atoms with Crippen LogP contribution in [0.15, 0.2) is 61.2 Å². The van der Waals surface area contributed by atoms with Crippen molar-refractivity contribution in [2.45, 2.75) is 18.7 Å². The van der Waals surface area contributed by atoms with Gasteiger partial charge in [0, 0.05) is 36.1 Å². The lowest BCUT2D eigenvalue weighted by Gasteiger charge is -2.17. The normalized spacial score (nSPS) is 12.8. The lowest BCUT2D eigenvalue weighted by Crippen LogP contribution is -2.17. The number of ether oxygens (including phenoxy) is 1. The summed E-state index contributed by atoms with van der Waals surface area (Å²) in [6, 6.07) is 11.5. The topological polar surface area (TPSA) is 50.8 Å². The third-order valence-corrected chi connectivity index (χ3v) is 3.53. The van der Waals surface area contributed by atoms with Crippen LogP contribution >= 0.6 is 0 Å². The Kier molecular flexibility index (Phi) is 4.50. The fraction of sp³-hybridized carbons (Fsp3) is 0.176. The minimum Gasteiger partial charge on any atom is -0.406 e. The van der Waals surface area contributed by atoms with Crippen LogP contribution in [0, 0.1) is 0 Å².